The number of sulfonamides is 1. The minimum atomic E-state index is -3.77. The van der Waals surface area contributed by atoms with Crippen LogP contribution in [0, 0.1) is 6.92 Å². The number of anilines is 3. The molecule has 1 atom stereocenters. The van der Waals surface area contributed by atoms with Gasteiger partial charge in [-0.2, -0.15) is 0 Å². The van der Waals surface area contributed by atoms with Gasteiger partial charge in [-0.25, -0.2) is 18.3 Å². The first-order valence-electron chi connectivity index (χ1n) is 9.16. The molecule has 11 heteroatoms. The van der Waals surface area contributed by atoms with Crippen LogP contribution in [-0.4, -0.2) is 31.3 Å². The SMILES string of the molecule is Cc1ccc(N2C(=O)C[C@H](Nc3ccc(S(=O)(=O)Nc4nccs4)cc3)C2=O)cc1Cl. The molecule has 0 saturated carbocycles. The molecule has 1 aliphatic heterocycles. The van der Waals surface area contributed by atoms with E-state index < -0.39 is 22.0 Å². The Bertz CT molecular complexity index is 1240. The van der Waals surface area contributed by atoms with Gasteiger partial charge in [0.15, 0.2) is 5.13 Å². The topological polar surface area (TPSA) is 108 Å². The van der Waals surface area contributed by atoms with Crippen molar-refractivity contribution in [3.05, 3.63) is 64.6 Å². The lowest BCUT2D eigenvalue weighted by molar-refractivity contribution is -0.121. The lowest BCUT2D eigenvalue weighted by Gasteiger charge is -2.17. The fourth-order valence-corrected chi connectivity index (χ4v) is 5.08. The molecule has 4 rings (SSSR count). The molecule has 0 bridgehead atoms. The van der Waals surface area contributed by atoms with Crippen molar-refractivity contribution in [1.82, 2.24) is 4.98 Å². The highest BCUT2D eigenvalue weighted by molar-refractivity contribution is 7.93. The zero-order valence-corrected chi connectivity index (χ0v) is 18.6. The maximum Gasteiger partial charge on any atom is 0.263 e. The summed E-state index contributed by atoms with van der Waals surface area (Å²) >= 11 is 7.30. The van der Waals surface area contributed by atoms with E-state index in [1.165, 1.54) is 29.7 Å². The van der Waals surface area contributed by atoms with Gasteiger partial charge in [0.1, 0.15) is 6.04 Å². The molecule has 1 fully saturated rings. The molecule has 1 aromatic heterocycles. The van der Waals surface area contributed by atoms with E-state index in [2.05, 4.69) is 15.0 Å². The number of amides is 2. The number of carbonyl (C=O) groups is 2. The summed E-state index contributed by atoms with van der Waals surface area (Å²) in [7, 11) is -3.77. The maximum absolute atomic E-state index is 12.8. The Morgan fingerprint density at radius 3 is 2.55 bits per heavy atom. The number of carbonyl (C=O) groups excluding carboxylic acids is 2. The third-order valence-electron chi connectivity index (χ3n) is 4.72. The highest BCUT2D eigenvalue weighted by atomic mass is 35.5. The van der Waals surface area contributed by atoms with Gasteiger partial charge in [0, 0.05) is 22.3 Å². The predicted molar refractivity (Wildman–Crippen MR) is 120 cm³/mol. The van der Waals surface area contributed by atoms with Gasteiger partial charge in [0.25, 0.3) is 15.9 Å². The number of hydrogen-bond acceptors (Lipinski definition) is 7. The van der Waals surface area contributed by atoms with Crippen LogP contribution in [-0.2, 0) is 19.6 Å². The second-order valence-corrected chi connectivity index (χ2v) is 9.85. The molecule has 0 unspecified atom stereocenters. The molecule has 8 nitrogen and oxygen atoms in total. The first-order chi connectivity index (χ1) is 14.7. The van der Waals surface area contributed by atoms with E-state index in [1.807, 2.05) is 6.92 Å². The van der Waals surface area contributed by atoms with E-state index >= 15 is 0 Å². The van der Waals surface area contributed by atoms with Crippen molar-refractivity contribution in [1.29, 1.82) is 0 Å². The third kappa shape index (κ3) is 4.41. The molecule has 0 spiro atoms. The number of nitrogens with zero attached hydrogens (tertiary/aromatic N) is 2. The fourth-order valence-electron chi connectivity index (χ4n) is 3.12. The number of nitrogens with one attached hydrogen (secondary N) is 2. The average Bonchev–Trinajstić information content (AvgIpc) is 3.32. The number of aromatic nitrogens is 1. The van der Waals surface area contributed by atoms with Crippen molar-refractivity contribution in [3.8, 4) is 0 Å². The van der Waals surface area contributed by atoms with Crippen LogP contribution in [0.2, 0.25) is 5.02 Å². The normalized spacial score (nSPS) is 16.6. The van der Waals surface area contributed by atoms with Crippen molar-refractivity contribution in [3.63, 3.8) is 0 Å². The Balaban J connectivity index is 1.47. The summed E-state index contributed by atoms with van der Waals surface area (Å²) < 4.78 is 27.2. The number of thiazole rings is 1. The maximum atomic E-state index is 12.8. The van der Waals surface area contributed by atoms with Gasteiger partial charge < -0.3 is 5.32 Å². The van der Waals surface area contributed by atoms with Crippen LogP contribution in [0.15, 0.2) is 58.9 Å². The van der Waals surface area contributed by atoms with Gasteiger partial charge in [-0.3, -0.25) is 14.3 Å². The summed E-state index contributed by atoms with van der Waals surface area (Å²) in [6.45, 7) is 1.83. The van der Waals surface area contributed by atoms with Crippen LogP contribution in [0.4, 0.5) is 16.5 Å². The van der Waals surface area contributed by atoms with E-state index in [-0.39, 0.29) is 22.4 Å². The Labute approximate surface area is 187 Å². The van der Waals surface area contributed by atoms with Crippen LogP contribution in [0.5, 0.6) is 0 Å². The highest BCUT2D eigenvalue weighted by Crippen LogP contribution is 2.29. The number of benzene rings is 2. The van der Waals surface area contributed by atoms with E-state index in [1.54, 1.807) is 35.7 Å². The Kier molecular flexibility index (Phi) is 5.69. The predicted octanol–water partition coefficient (Wildman–Crippen LogP) is 3.65. The first kappa shape index (κ1) is 21.3. The van der Waals surface area contributed by atoms with Crippen molar-refractivity contribution in [2.24, 2.45) is 0 Å². The number of hydrogen-bond donors (Lipinski definition) is 2. The zero-order chi connectivity index (χ0) is 22.2. The largest absolute Gasteiger partial charge is 0.373 e. The van der Waals surface area contributed by atoms with Gasteiger partial charge in [0.05, 0.1) is 17.0 Å². The van der Waals surface area contributed by atoms with E-state index in [4.69, 9.17) is 11.6 Å². The van der Waals surface area contributed by atoms with Crippen molar-refractivity contribution < 1.29 is 18.0 Å². The Hall–Kier alpha value is -2.95. The third-order valence-corrected chi connectivity index (χ3v) is 7.30. The molecule has 0 radical (unpaired) electrons. The van der Waals surface area contributed by atoms with Gasteiger partial charge in [-0.05, 0) is 48.9 Å². The van der Waals surface area contributed by atoms with Gasteiger partial charge in [0.2, 0.25) is 5.91 Å². The summed E-state index contributed by atoms with van der Waals surface area (Å²) in [5.74, 6) is -0.735. The van der Waals surface area contributed by atoms with Gasteiger partial charge in [-0.15, -0.1) is 11.3 Å². The molecule has 2 amide bonds. The molecular weight excluding hydrogens is 460 g/mol. The zero-order valence-electron chi connectivity index (χ0n) is 16.2. The summed E-state index contributed by atoms with van der Waals surface area (Å²) in [5.41, 5.74) is 1.78. The Morgan fingerprint density at radius 1 is 1.16 bits per heavy atom. The van der Waals surface area contributed by atoms with Crippen molar-refractivity contribution in [2.75, 3.05) is 14.9 Å². The number of imide groups is 1. The highest BCUT2D eigenvalue weighted by Gasteiger charge is 2.39. The van der Waals surface area contributed by atoms with Crippen LogP contribution < -0.4 is 14.9 Å². The second-order valence-electron chi connectivity index (χ2n) is 6.87. The minimum Gasteiger partial charge on any atom is -0.373 e. The molecule has 1 aliphatic rings. The number of rotatable bonds is 6. The number of aryl methyl sites for hydroxylation is 1. The molecule has 2 N–H and O–H groups in total. The first-order valence-corrected chi connectivity index (χ1v) is 11.9. The molecule has 2 heterocycles. The van der Waals surface area contributed by atoms with Crippen molar-refractivity contribution in [2.45, 2.75) is 24.3 Å². The minimum absolute atomic E-state index is 0.0179. The fraction of sp³-hybridized carbons (Fsp3) is 0.150. The van der Waals surface area contributed by atoms with Crippen molar-refractivity contribution >= 4 is 61.3 Å². The summed E-state index contributed by atoms with van der Waals surface area (Å²) in [4.78, 5) is 30.3. The van der Waals surface area contributed by atoms with Crippen LogP contribution in [0.25, 0.3) is 0 Å². The summed E-state index contributed by atoms with van der Waals surface area (Å²) in [6, 6.07) is 10.2. The lowest BCUT2D eigenvalue weighted by atomic mass is 10.2. The van der Waals surface area contributed by atoms with E-state index in [9.17, 15) is 18.0 Å². The molecule has 1 saturated heterocycles. The van der Waals surface area contributed by atoms with Crippen LogP contribution in [0.1, 0.15) is 12.0 Å². The molecule has 160 valence electrons. The second kappa shape index (κ2) is 8.29. The van der Waals surface area contributed by atoms with Crippen LogP contribution >= 0.6 is 22.9 Å². The lowest BCUT2D eigenvalue weighted by Crippen LogP contribution is -2.34. The standard InChI is InChI=1S/C20H17ClN4O4S2/c1-12-2-5-14(10-16(12)21)25-18(26)11-17(19(25)27)23-13-3-6-15(7-4-13)31(28,29)24-20-22-8-9-30-20/h2-10,17,23H,11H2,1H3,(H,22,24)/t17-/m0/s1. The molecule has 0 aliphatic carbocycles. The van der Waals surface area contributed by atoms with Crippen LogP contribution in [0.3, 0.4) is 0 Å². The molecular formula is C20H17ClN4O4S2. The molecule has 31 heavy (non-hydrogen) atoms. The van der Waals surface area contributed by atoms with E-state index in [0.29, 0.717) is 16.4 Å². The summed E-state index contributed by atoms with van der Waals surface area (Å²) in [6.07, 6.45) is 1.49. The molecule has 2 aromatic carbocycles. The average molecular weight is 477 g/mol. The van der Waals surface area contributed by atoms with Gasteiger partial charge >= 0.3 is 0 Å². The van der Waals surface area contributed by atoms with Gasteiger partial charge in [-0.1, -0.05) is 17.7 Å². The summed E-state index contributed by atoms with van der Waals surface area (Å²) in [5, 5.41) is 5.41. The van der Waals surface area contributed by atoms with E-state index in [0.717, 1.165) is 10.5 Å². The Morgan fingerprint density at radius 2 is 1.90 bits per heavy atom. The molecule has 3 aromatic rings. The monoisotopic (exact) mass is 476 g/mol. The number of halogens is 1. The quantitative estimate of drug-likeness (QED) is 0.526. The smallest absolute Gasteiger partial charge is 0.263 e.